The smallest absolute Gasteiger partial charge is 0.270 e. The average Bonchev–Trinajstić information content (AvgIpc) is 1.62. The monoisotopic (exact) mass is 153 g/mol. The van der Waals surface area contributed by atoms with Crippen LogP contribution in [0.3, 0.4) is 0 Å². The van der Waals surface area contributed by atoms with Crippen LogP contribution in [0.1, 0.15) is 6.92 Å². The van der Waals surface area contributed by atoms with E-state index in [4.69, 9.17) is 9.76 Å². The van der Waals surface area contributed by atoms with Gasteiger partial charge in [-0.2, -0.15) is 8.42 Å². The third-order valence-corrected chi connectivity index (χ3v) is 1.34. The van der Waals surface area contributed by atoms with Crippen molar-refractivity contribution in [1.29, 1.82) is 0 Å². The molecule has 0 aliphatic rings. The van der Waals surface area contributed by atoms with Gasteiger partial charge in [-0.3, -0.25) is 4.55 Å². The van der Waals surface area contributed by atoms with Gasteiger partial charge in [-0.05, 0) is 6.92 Å². The van der Waals surface area contributed by atoms with Crippen LogP contribution in [-0.2, 0) is 10.1 Å². The minimum atomic E-state index is -4.03. The second-order valence-electron chi connectivity index (χ2n) is 1.56. The molecule has 6 heteroatoms. The van der Waals surface area contributed by atoms with Gasteiger partial charge in [0.25, 0.3) is 10.1 Å². The van der Waals surface area contributed by atoms with Gasteiger partial charge in [0.2, 0.25) is 0 Å². The van der Waals surface area contributed by atoms with E-state index in [0.29, 0.717) is 0 Å². The van der Waals surface area contributed by atoms with Crippen molar-refractivity contribution < 1.29 is 18.2 Å². The maximum absolute atomic E-state index is 9.96. The highest BCUT2D eigenvalue weighted by Crippen LogP contribution is 1.83. The van der Waals surface area contributed by atoms with Gasteiger partial charge in [0.05, 0.1) is 5.71 Å². The zero-order chi connectivity index (χ0) is 7.49. The molecule has 0 amide bonds. The van der Waals surface area contributed by atoms with Crippen molar-refractivity contribution in [3.8, 4) is 0 Å². The molecule has 0 aliphatic heterocycles. The molecule has 54 valence electrons. The van der Waals surface area contributed by atoms with E-state index in [-0.39, 0.29) is 5.71 Å². The molecule has 0 saturated carbocycles. The Bertz CT molecular complexity index is 204. The van der Waals surface area contributed by atoms with Crippen LogP contribution in [0.25, 0.3) is 0 Å². The van der Waals surface area contributed by atoms with Crippen LogP contribution in [0.5, 0.6) is 0 Å². The highest BCUT2D eigenvalue weighted by atomic mass is 32.2. The molecule has 0 unspecified atom stereocenters. The van der Waals surface area contributed by atoms with Crippen molar-refractivity contribution in [3.63, 3.8) is 0 Å². The Morgan fingerprint density at radius 1 is 1.67 bits per heavy atom. The molecule has 0 fully saturated rings. The van der Waals surface area contributed by atoms with Gasteiger partial charge in [0, 0.05) is 0 Å². The second-order valence-corrected chi connectivity index (χ2v) is 3.01. The Kier molecular flexibility index (Phi) is 2.60. The van der Waals surface area contributed by atoms with E-state index in [2.05, 4.69) is 5.16 Å². The predicted octanol–water partition coefficient (Wildman–Crippen LogP) is -0.276. The van der Waals surface area contributed by atoms with E-state index in [0.717, 1.165) is 0 Å². The zero-order valence-electron chi connectivity index (χ0n) is 4.77. The van der Waals surface area contributed by atoms with Crippen molar-refractivity contribution in [2.24, 2.45) is 5.16 Å². The lowest BCUT2D eigenvalue weighted by Gasteiger charge is -1.90. The van der Waals surface area contributed by atoms with Gasteiger partial charge < -0.3 is 5.21 Å². The van der Waals surface area contributed by atoms with Crippen molar-refractivity contribution in [1.82, 2.24) is 0 Å². The maximum atomic E-state index is 9.96. The van der Waals surface area contributed by atoms with E-state index in [9.17, 15) is 8.42 Å². The summed E-state index contributed by atoms with van der Waals surface area (Å²) >= 11 is 0. The van der Waals surface area contributed by atoms with Gasteiger partial charge >= 0.3 is 0 Å². The van der Waals surface area contributed by atoms with Crippen LogP contribution in [0.15, 0.2) is 5.16 Å². The lowest BCUT2D eigenvalue weighted by molar-refractivity contribution is 0.318. The van der Waals surface area contributed by atoms with Crippen LogP contribution < -0.4 is 0 Å². The molecule has 0 aromatic carbocycles. The van der Waals surface area contributed by atoms with Gasteiger partial charge in [-0.1, -0.05) is 5.16 Å². The van der Waals surface area contributed by atoms with Crippen molar-refractivity contribution in [3.05, 3.63) is 0 Å². The van der Waals surface area contributed by atoms with Crippen molar-refractivity contribution in [2.75, 3.05) is 5.75 Å². The summed E-state index contributed by atoms with van der Waals surface area (Å²) in [6.07, 6.45) is 0. The molecular weight excluding hydrogens is 146 g/mol. The molecule has 2 N–H and O–H groups in total. The first kappa shape index (κ1) is 8.38. The quantitative estimate of drug-likeness (QED) is 0.247. The molecule has 0 aliphatic carbocycles. The third kappa shape index (κ3) is 5.25. The Hall–Kier alpha value is -0.620. The Balaban J connectivity index is 4.07. The first-order chi connectivity index (χ1) is 3.95. The van der Waals surface area contributed by atoms with Gasteiger partial charge in [0.15, 0.2) is 0 Å². The normalized spacial score (nSPS) is 13.8. The molecule has 0 saturated heterocycles. The molecule has 0 radical (unpaired) electrons. The molecule has 9 heavy (non-hydrogen) atoms. The lowest BCUT2D eigenvalue weighted by Crippen LogP contribution is -2.11. The Morgan fingerprint density at radius 3 is 2.22 bits per heavy atom. The largest absolute Gasteiger partial charge is 0.411 e. The highest BCUT2D eigenvalue weighted by molar-refractivity contribution is 7.86. The van der Waals surface area contributed by atoms with Crippen LogP contribution in [0.4, 0.5) is 0 Å². The summed E-state index contributed by atoms with van der Waals surface area (Å²) < 4.78 is 28.0. The lowest BCUT2D eigenvalue weighted by atomic mass is 10.5. The fourth-order valence-electron chi connectivity index (χ4n) is 0.293. The summed E-state index contributed by atoms with van der Waals surface area (Å²) in [5.74, 6) is -0.622. The van der Waals surface area contributed by atoms with E-state index in [1.54, 1.807) is 0 Å². The van der Waals surface area contributed by atoms with E-state index >= 15 is 0 Å². The molecule has 0 heterocycles. The summed E-state index contributed by atoms with van der Waals surface area (Å²) in [6, 6.07) is 0. The molecule has 0 aromatic rings. The van der Waals surface area contributed by atoms with Crippen LogP contribution in [0.2, 0.25) is 0 Å². The zero-order valence-corrected chi connectivity index (χ0v) is 5.59. The number of hydrogen-bond donors (Lipinski definition) is 2. The Labute approximate surface area is 52.7 Å². The van der Waals surface area contributed by atoms with Crippen molar-refractivity contribution in [2.45, 2.75) is 6.92 Å². The molecule has 0 bridgehead atoms. The van der Waals surface area contributed by atoms with E-state index in [1.807, 2.05) is 0 Å². The van der Waals surface area contributed by atoms with Gasteiger partial charge in [0.1, 0.15) is 5.75 Å². The second kappa shape index (κ2) is 2.79. The molecular formula is C3H7NO4S. The fourth-order valence-corrected chi connectivity index (χ4v) is 0.879. The van der Waals surface area contributed by atoms with E-state index < -0.39 is 15.9 Å². The molecule has 0 aromatic heterocycles. The number of rotatable bonds is 2. The Morgan fingerprint density at radius 2 is 2.11 bits per heavy atom. The summed E-state index contributed by atoms with van der Waals surface area (Å²) in [7, 11) is -4.03. The average molecular weight is 153 g/mol. The fraction of sp³-hybridized carbons (Fsp3) is 0.667. The summed E-state index contributed by atoms with van der Waals surface area (Å²) in [5, 5.41) is 10.5. The first-order valence-electron chi connectivity index (χ1n) is 2.08. The van der Waals surface area contributed by atoms with Crippen LogP contribution >= 0.6 is 0 Å². The summed E-state index contributed by atoms with van der Waals surface area (Å²) in [6.45, 7) is 1.29. The minimum absolute atomic E-state index is 0.0440. The topological polar surface area (TPSA) is 87.0 Å². The van der Waals surface area contributed by atoms with Crippen LogP contribution in [-0.4, -0.2) is 29.6 Å². The predicted molar refractivity (Wildman–Crippen MR) is 31.3 cm³/mol. The molecule has 0 spiro atoms. The summed E-state index contributed by atoms with van der Waals surface area (Å²) in [5.41, 5.74) is -0.0440. The van der Waals surface area contributed by atoms with Crippen LogP contribution in [0, 0.1) is 0 Å². The maximum Gasteiger partial charge on any atom is 0.270 e. The van der Waals surface area contributed by atoms with Crippen molar-refractivity contribution >= 4 is 15.8 Å². The molecule has 0 rings (SSSR count). The summed E-state index contributed by atoms with van der Waals surface area (Å²) in [4.78, 5) is 0. The minimum Gasteiger partial charge on any atom is -0.411 e. The molecule has 0 atom stereocenters. The number of oxime groups is 1. The number of nitrogens with zero attached hydrogens (tertiary/aromatic N) is 1. The van der Waals surface area contributed by atoms with E-state index in [1.165, 1.54) is 6.92 Å². The first-order valence-corrected chi connectivity index (χ1v) is 3.69. The SMILES string of the molecule is C/C(CS(=O)(=O)O)=N/O. The number of hydrogen-bond acceptors (Lipinski definition) is 4. The molecule has 5 nitrogen and oxygen atoms in total. The third-order valence-electron chi connectivity index (χ3n) is 0.562. The standard InChI is InChI=1S/C3H7NO4S/c1-3(4-5)2-9(6,7)8/h5H,2H2,1H3,(H,6,7,8)/b4-3-. The van der Waals surface area contributed by atoms with Gasteiger partial charge in [-0.15, -0.1) is 0 Å². The highest BCUT2D eigenvalue weighted by Gasteiger charge is 2.05. The van der Waals surface area contributed by atoms with Gasteiger partial charge in [-0.25, -0.2) is 0 Å².